The number of carbonyl (C=O) groups is 1. The zero-order valence-corrected chi connectivity index (χ0v) is 12.1. The molecule has 3 nitrogen and oxygen atoms in total. The largest absolute Gasteiger partial charge is 0.478 e. The fourth-order valence-corrected chi connectivity index (χ4v) is 3.02. The summed E-state index contributed by atoms with van der Waals surface area (Å²) in [7, 11) is 0. The van der Waals surface area contributed by atoms with Crippen molar-refractivity contribution in [3.8, 4) is 0 Å². The molecule has 0 spiro atoms. The van der Waals surface area contributed by atoms with Gasteiger partial charge in [-0.05, 0) is 49.9 Å². The molecule has 0 atom stereocenters. The lowest BCUT2D eigenvalue weighted by molar-refractivity contribution is -0.130. The van der Waals surface area contributed by atoms with Gasteiger partial charge in [-0.3, -0.25) is 0 Å². The summed E-state index contributed by atoms with van der Waals surface area (Å²) in [5.41, 5.74) is 3.59. The molecular formula is C15H17NO2S. The molecule has 2 heterocycles. The van der Waals surface area contributed by atoms with Crippen molar-refractivity contribution in [3.63, 3.8) is 0 Å². The normalized spacial score (nSPS) is 11.8. The van der Waals surface area contributed by atoms with E-state index in [0.717, 1.165) is 28.4 Å². The maximum atomic E-state index is 11.4. The highest BCUT2D eigenvalue weighted by Gasteiger charge is 2.14. The second kappa shape index (κ2) is 5.45. The van der Waals surface area contributed by atoms with E-state index in [-0.39, 0.29) is 0 Å². The Labute approximate surface area is 116 Å². The first kappa shape index (κ1) is 13.6. The molecular weight excluding hydrogens is 258 g/mol. The molecule has 2 aromatic heterocycles. The zero-order chi connectivity index (χ0) is 14.0. The van der Waals surface area contributed by atoms with Gasteiger partial charge in [0.15, 0.2) is 0 Å². The molecule has 0 radical (unpaired) electrons. The maximum Gasteiger partial charge on any atom is 0.337 e. The Morgan fingerprint density at radius 2 is 2.21 bits per heavy atom. The number of aryl methyl sites for hydroxylation is 1. The summed E-state index contributed by atoms with van der Waals surface area (Å²) in [5, 5.41) is 11.3. The van der Waals surface area contributed by atoms with Crippen LogP contribution in [-0.4, -0.2) is 15.6 Å². The van der Waals surface area contributed by atoms with Crippen molar-refractivity contribution in [2.45, 2.75) is 27.3 Å². The van der Waals surface area contributed by atoms with Gasteiger partial charge in [0.2, 0.25) is 0 Å². The van der Waals surface area contributed by atoms with Crippen LogP contribution in [0.4, 0.5) is 0 Å². The molecule has 0 saturated heterocycles. The summed E-state index contributed by atoms with van der Waals surface area (Å²) in [6, 6.07) is 5.74. The van der Waals surface area contributed by atoms with Crippen molar-refractivity contribution >= 4 is 29.0 Å². The smallest absolute Gasteiger partial charge is 0.337 e. The monoisotopic (exact) mass is 275 g/mol. The van der Waals surface area contributed by atoms with Crippen LogP contribution in [0.2, 0.25) is 0 Å². The lowest BCUT2D eigenvalue weighted by atomic mass is 10.1. The topological polar surface area (TPSA) is 42.2 Å². The van der Waals surface area contributed by atoms with Crippen LogP contribution in [0.3, 0.4) is 0 Å². The van der Waals surface area contributed by atoms with Crippen LogP contribution < -0.4 is 0 Å². The average molecular weight is 275 g/mol. The highest BCUT2D eigenvalue weighted by molar-refractivity contribution is 7.11. The van der Waals surface area contributed by atoms with Crippen LogP contribution in [0.1, 0.15) is 28.8 Å². The van der Waals surface area contributed by atoms with Gasteiger partial charge in [-0.2, -0.15) is 0 Å². The van der Waals surface area contributed by atoms with Crippen molar-refractivity contribution in [1.29, 1.82) is 0 Å². The predicted octanol–water partition coefficient (Wildman–Crippen LogP) is 3.81. The minimum Gasteiger partial charge on any atom is -0.478 e. The molecule has 0 bridgehead atoms. The van der Waals surface area contributed by atoms with Gasteiger partial charge in [-0.1, -0.05) is 6.07 Å². The highest BCUT2D eigenvalue weighted by Crippen LogP contribution is 2.25. The number of thiophene rings is 1. The third kappa shape index (κ3) is 2.63. The van der Waals surface area contributed by atoms with Gasteiger partial charge in [-0.25, -0.2) is 4.79 Å². The quantitative estimate of drug-likeness (QED) is 0.862. The van der Waals surface area contributed by atoms with Crippen LogP contribution in [0.5, 0.6) is 0 Å². The second-order valence-corrected chi connectivity index (χ2v) is 5.36. The minimum atomic E-state index is -0.885. The van der Waals surface area contributed by atoms with Crippen molar-refractivity contribution in [2.75, 3.05) is 0 Å². The van der Waals surface area contributed by atoms with Gasteiger partial charge in [0.05, 0.1) is 5.57 Å². The molecule has 0 aliphatic rings. The van der Waals surface area contributed by atoms with Crippen LogP contribution in [0, 0.1) is 13.8 Å². The Bertz CT molecular complexity index is 621. The van der Waals surface area contributed by atoms with Gasteiger partial charge in [0.25, 0.3) is 0 Å². The third-order valence-electron chi connectivity index (χ3n) is 3.25. The molecule has 0 aliphatic heterocycles. The summed E-state index contributed by atoms with van der Waals surface area (Å²) < 4.78 is 2.18. The summed E-state index contributed by atoms with van der Waals surface area (Å²) >= 11 is 1.45. The molecule has 100 valence electrons. The lowest BCUT2D eigenvalue weighted by Gasteiger charge is -2.05. The van der Waals surface area contributed by atoms with E-state index in [9.17, 15) is 9.90 Å². The zero-order valence-electron chi connectivity index (χ0n) is 11.3. The van der Waals surface area contributed by atoms with Gasteiger partial charge >= 0.3 is 5.97 Å². The third-order valence-corrected chi connectivity index (χ3v) is 4.15. The van der Waals surface area contributed by atoms with Gasteiger partial charge in [0, 0.05) is 22.8 Å². The first-order valence-electron chi connectivity index (χ1n) is 6.20. The first-order chi connectivity index (χ1) is 9.04. The number of carboxylic acids is 1. The molecule has 0 unspecified atom stereocenters. The van der Waals surface area contributed by atoms with E-state index < -0.39 is 5.97 Å². The summed E-state index contributed by atoms with van der Waals surface area (Å²) in [6.45, 7) is 7.05. The minimum absolute atomic E-state index is 0.353. The van der Waals surface area contributed by atoms with Crippen LogP contribution in [0.15, 0.2) is 23.6 Å². The average Bonchev–Trinajstić information content (AvgIpc) is 2.95. The summed E-state index contributed by atoms with van der Waals surface area (Å²) in [6.07, 6.45) is 1.77. The van der Waals surface area contributed by atoms with Crippen molar-refractivity contribution in [1.82, 2.24) is 4.57 Å². The van der Waals surface area contributed by atoms with E-state index in [2.05, 4.69) is 11.5 Å². The van der Waals surface area contributed by atoms with E-state index in [4.69, 9.17) is 0 Å². The van der Waals surface area contributed by atoms with Crippen molar-refractivity contribution in [3.05, 3.63) is 45.4 Å². The van der Waals surface area contributed by atoms with E-state index >= 15 is 0 Å². The number of hydrogen-bond acceptors (Lipinski definition) is 2. The number of hydrogen-bond donors (Lipinski definition) is 1. The number of rotatable bonds is 4. The Morgan fingerprint density at radius 1 is 1.47 bits per heavy atom. The molecule has 2 aromatic rings. The first-order valence-corrected chi connectivity index (χ1v) is 7.08. The van der Waals surface area contributed by atoms with Gasteiger partial charge in [-0.15, -0.1) is 11.3 Å². The fourth-order valence-electron chi connectivity index (χ4n) is 2.29. The molecule has 1 N–H and O–H groups in total. The predicted molar refractivity (Wildman–Crippen MR) is 79.4 cm³/mol. The molecule has 0 saturated carbocycles. The number of aliphatic carboxylic acids is 1. The number of carboxylic acid groups (broad SMARTS) is 1. The lowest BCUT2D eigenvalue weighted by Crippen LogP contribution is -2.00. The van der Waals surface area contributed by atoms with E-state index in [1.165, 1.54) is 11.3 Å². The SMILES string of the molecule is CCn1c(C)cc(C=C(C(=O)O)c2cccs2)c1C. The molecule has 0 amide bonds. The Balaban J connectivity index is 2.51. The Hall–Kier alpha value is -1.81. The van der Waals surface area contributed by atoms with Crippen LogP contribution >= 0.6 is 11.3 Å². The summed E-state index contributed by atoms with van der Waals surface area (Å²) in [4.78, 5) is 12.2. The molecule has 19 heavy (non-hydrogen) atoms. The Morgan fingerprint density at radius 3 is 2.68 bits per heavy atom. The van der Waals surface area contributed by atoms with Crippen molar-refractivity contribution < 1.29 is 9.90 Å². The van der Waals surface area contributed by atoms with Gasteiger partial charge < -0.3 is 9.67 Å². The van der Waals surface area contributed by atoms with Crippen LogP contribution in [0.25, 0.3) is 11.6 Å². The Kier molecular flexibility index (Phi) is 3.90. The molecule has 0 aliphatic carbocycles. The molecule has 0 aromatic carbocycles. The van der Waals surface area contributed by atoms with Crippen molar-refractivity contribution in [2.24, 2.45) is 0 Å². The fraction of sp³-hybridized carbons (Fsp3) is 0.267. The van der Waals surface area contributed by atoms with E-state index in [0.29, 0.717) is 5.57 Å². The van der Waals surface area contributed by atoms with Gasteiger partial charge in [0.1, 0.15) is 0 Å². The number of nitrogens with zero attached hydrogens (tertiary/aromatic N) is 1. The second-order valence-electron chi connectivity index (χ2n) is 4.41. The standard InChI is InChI=1S/C15H17NO2S/c1-4-16-10(2)8-12(11(16)3)9-13(15(17)18)14-6-5-7-19-14/h5-9H,4H2,1-3H3,(H,17,18). The highest BCUT2D eigenvalue weighted by atomic mass is 32.1. The van der Waals surface area contributed by atoms with E-state index in [1.54, 1.807) is 6.08 Å². The molecule has 0 fully saturated rings. The van der Waals surface area contributed by atoms with E-state index in [1.807, 2.05) is 37.4 Å². The van der Waals surface area contributed by atoms with Crippen LogP contribution in [-0.2, 0) is 11.3 Å². The molecule has 2 rings (SSSR count). The number of aromatic nitrogens is 1. The summed E-state index contributed by atoms with van der Waals surface area (Å²) in [5.74, 6) is -0.885. The molecule has 4 heteroatoms. The maximum absolute atomic E-state index is 11.4.